The van der Waals surface area contributed by atoms with E-state index in [9.17, 15) is 13.5 Å². The highest BCUT2D eigenvalue weighted by Gasteiger charge is 2.37. The van der Waals surface area contributed by atoms with E-state index in [0.29, 0.717) is 18.7 Å². The van der Waals surface area contributed by atoms with Gasteiger partial charge < -0.3 is 9.84 Å². The van der Waals surface area contributed by atoms with Crippen molar-refractivity contribution in [2.24, 2.45) is 5.92 Å². The summed E-state index contributed by atoms with van der Waals surface area (Å²) in [5.41, 5.74) is 0.789. The average Bonchev–Trinajstić information content (AvgIpc) is 2.42. The van der Waals surface area contributed by atoms with E-state index in [4.69, 9.17) is 4.74 Å². The quantitative estimate of drug-likeness (QED) is 0.824. The third kappa shape index (κ3) is 3.72. The number of ether oxygens (including phenoxy) is 1. The lowest BCUT2D eigenvalue weighted by Gasteiger charge is -2.38. The van der Waals surface area contributed by atoms with E-state index in [0.717, 1.165) is 5.56 Å². The van der Waals surface area contributed by atoms with E-state index in [1.165, 1.54) is 7.11 Å². The van der Waals surface area contributed by atoms with Crippen LogP contribution in [0.15, 0.2) is 18.3 Å². The first-order chi connectivity index (χ1) is 9.83. The van der Waals surface area contributed by atoms with Gasteiger partial charge in [0.05, 0.1) is 24.5 Å². The molecule has 2 N–H and O–H groups in total. The summed E-state index contributed by atoms with van der Waals surface area (Å²) in [6, 6.07) is 3.16. The number of hydrogen-bond acceptors (Lipinski definition) is 5. The van der Waals surface area contributed by atoms with Crippen LogP contribution in [-0.2, 0) is 10.0 Å². The summed E-state index contributed by atoms with van der Waals surface area (Å²) in [4.78, 5) is 4.13. The molecule has 7 heteroatoms. The minimum absolute atomic E-state index is 0.0868. The van der Waals surface area contributed by atoms with Gasteiger partial charge in [-0.25, -0.2) is 18.1 Å². The van der Waals surface area contributed by atoms with Gasteiger partial charge in [-0.2, -0.15) is 0 Å². The number of pyridine rings is 1. The van der Waals surface area contributed by atoms with Crippen molar-refractivity contribution in [1.82, 2.24) is 9.71 Å². The fourth-order valence-corrected chi connectivity index (χ4v) is 3.30. The van der Waals surface area contributed by atoms with E-state index in [1.807, 2.05) is 6.07 Å². The van der Waals surface area contributed by atoms with Crippen molar-refractivity contribution in [3.63, 3.8) is 0 Å². The molecule has 0 aromatic carbocycles. The highest BCUT2D eigenvalue weighted by atomic mass is 32.2. The second-order valence-electron chi connectivity index (χ2n) is 5.71. The van der Waals surface area contributed by atoms with E-state index in [-0.39, 0.29) is 18.1 Å². The van der Waals surface area contributed by atoms with Crippen molar-refractivity contribution >= 4 is 10.0 Å². The molecule has 118 valence electrons. The standard InChI is InChI=1S/C14H22N2O4S/c1-9(2)21(18,19)16-14(11-6-12(17)7-11)10-4-5-13(20-3)15-8-10/h4-5,8-9,11-12,14,16-17H,6-7H2,1-3H3/t11?,12?,14-/m1/s1. The molecule has 1 atom stereocenters. The monoisotopic (exact) mass is 314 g/mol. The fourth-order valence-electron chi connectivity index (χ4n) is 2.35. The summed E-state index contributed by atoms with van der Waals surface area (Å²) in [5.74, 6) is 0.571. The van der Waals surface area contributed by atoms with Gasteiger partial charge in [-0.05, 0) is 38.2 Å². The first-order valence-electron chi connectivity index (χ1n) is 7.02. The second kappa shape index (κ2) is 6.29. The Labute approximate surface area is 125 Å². The number of aliphatic hydroxyl groups is 1. The van der Waals surface area contributed by atoms with Crippen LogP contribution in [0.2, 0.25) is 0 Å². The molecule has 0 unspecified atom stereocenters. The molecule has 1 aromatic heterocycles. The Kier molecular flexibility index (Phi) is 4.85. The molecule has 1 aliphatic rings. The van der Waals surface area contributed by atoms with Crippen LogP contribution in [0.1, 0.15) is 38.3 Å². The Morgan fingerprint density at radius 1 is 1.38 bits per heavy atom. The van der Waals surface area contributed by atoms with Gasteiger partial charge in [0.25, 0.3) is 0 Å². The van der Waals surface area contributed by atoms with Crippen molar-refractivity contribution in [3.8, 4) is 5.88 Å². The molecule has 0 bridgehead atoms. The Morgan fingerprint density at radius 3 is 2.48 bits per heavy atom. The van der Waals surface area contributed by atoms with Crippen LogP contribution in [0.4, 0.5) is 0 Å². The summed E-state index contributed by atoms with van der Waals surface area (Å²) in [7, 11) is -1.86. The molecule has 0 aliphatic heterocycles. The summed E-state index contributed by atoms with van der Waals surface area (Å²) in [5, 5.41) is 8.99. The number of nitrogens with one attached hydrogen (secondary N) is 1. The van der Waals surface area contributed by atoms with Crippen molar-refractivity contribution in [3.05, 3.63) is 23.9 Å². The van der Waals surface area contributed by atoms with Crippen molar-refractivity contribution < 1.29 is 18.3 Å². The Morgan fingerprint density at radius 2 is 2.05 bits per heavy atom. The summed E-state index contributed by atoms with van der Waals surface area (Å²) in [6.07, 6.45) is 2.47. The maximum Gasteiger partial charge on any atom is 0.214 e. The Hall–Kier alpha value is -1.18. The lowest BCUT2D eigenvalue weighted by Crippen LogP contribution is -2.43. The largest absolute Gasteiger partial charge is 0.481 e. The zero-order valence-corrected chi connectivity index (χ0v) is 13.3. The van der Waals surface area contributed by atoms with E-state index < -0.39 is 15.3 Å². The number of aromatic nitrogens is 1. The number of sulfonamides is 1. The van der Waals surface area contributed by atoms with Crippen LogP contribution in [-0.4, -0.2) is 37.0 Å². The zero-order valence-electron chi connectivity index (χ0n) is 12.5. The van der Waals surface area contributed by atoms with Crippen LogP contribution in [0.3, 0.4) is 0 Å². The maximum absolute atomic E-state index is 12.1. The van der Waals surface area contributed by atoms with Gasteiger partial charge in [0.15, 0.2) is 0 Å². The van der Waals surface area contributed by atoms with Gasteiger partial charge in [-0.3, -0.25) is 0 Å². The van der Waals surface area contributed by atoms with Gasteiger partial charge >= 0.3 is 0 Å². The van der Waals surface area contributed by atoms with Gasteiger partial charge in [0.1, 0.15) is 0 Å². The number of rotatable bonds is 6. The van der Waals surface area contributed by atoms with Gasteiger partial charge in [-0.1, -0.05) is 6.07 Å². The molecule has 0 radical (unpaired) electrons. The van der Waals surface area contributed by atoms with Crippen molar-refractivity contribution in [2.75, 3.05) is 7.11 Å². The van der Waals surface area contributed by atoms with Crippen LogP contribution in [0.5, 0.6) is 5.88 Å². The normalized spacial score (nSPS) is 23.7. The third-order valence-corrected chi connectivity index (χ3v) is 5.68. The number of nitrogens with zero attached hydrogens (tertiary/aromatic N) is 1. The molecule has 1 heterocycles. The molecule has 0 saturated heterocycles. The SMILES string of the molecule is COc1ccc([C@@H](NS(=O)(=O)C(C)C)C2CC(O)C2)cn1. The third-order valence-electron chi connectivity index (χ3n) is 3.86. The molecule has 1 fully saturated rings. The van der Waals surface area contributed by atoms with Crippen LogP contribution in [0.25, 0.3) is 0 Å². The van der Waals surface area contributed by atoms with E-state index in [2.05, 4.69) is 9.71 Å². The second-order valence-corrected chi connectivity index (χ2v) is 7.98. The minimum atomic E-state index is -3.39. The van der Waals surface area contributed by atoms with Crippen molar-refractivity contribution in [2.45, 2.75) is 44.1 Å². The predicted molar refractivity (Wildman–Crippen MR) is 79.5 cm³/mol. The molecule has 1 aromatic rings. The lowest BCUT2D eigenvalue weighted by molar-refractivity contribution is 0.0279. The van der Waals surface area contributed by atoms with Crippen LogP contribution >= 0.6 is 0 Å². The number of hydrogen-bond donors (Lipinski definition) is 2. The first-order valence-corrected chi connectivity index (χ1v) is 8.57. The Balaban J connectivity index is 2.23. The number of methoxy groups -OCH3 is 1. The highest BCUT2D eigenvalue weighted by Crippen LogP contribution is 2.38. The fraction of sp³-hybridized carbons (Fsp3) is 0.643. The molecule has 2 rings (SSSR count). The predicted octanol–water partition coefficient (Wildman–Crippen LogP) is 1.23. The highest BCUT2D eigenvalue weighted by molar-refractivity contribution is 7.90. The molecule has 0 amide bonds. The smallest absolute Gasteiger partial charge is 0.214 e. The topological polar surface area (TPSA) is 88.5 Å². The van der Waals surface area contributed by atoms with Gasteiger partial charge in [0, 0.05) is 12.3 Å². The summed E-state index contributed by atoms with van der Waals surface area (Å²) < 4.78 is 32.1. The molecule has 21 heavy (non-hydrogen) atoms. The molecular weight excluding hydrogens is 292 g/mol. The van der Waals surface area contributed by atoms with Crippen molar-refractivity contribution in [1.29, 1.82) is 0 Å². The Bertz CT molecular complexity index is 565. The summed E-state index contributed by atoms with van der Waals surface area (Å²) >= 11 is 0. The molecule has 0 spiro atoms. The maximum atomic E-state index is 12.1. The molecular formula is C14H22N2O4S. The van der Waals surface area contributed by atoms with Gasteiger partial charge in [-0.15, -0.1) is 0 Å². The number of aliphatic hydroxyl groups excluding tert-OH is 1. The summed E-state index contributed by atoms with van der Waals surface area (Å²) in [6.45, 7) is 3.28. The van der Waals surface area contributed by atoms with E-state index in [1.54, 1.807) is 26.1 Å². The minimum Gasteiger partial charge on any atom is -0.481 e. The molecule has 1 saturated carbocycles. The van der Waals surface area contributed by atoms with Crippen LogP contribution in [0, 0.1) is 5.92 Å². The first kappa shape index (κ1) is 16.2. The van der Waals surface area contributed by atoms with Gasteiger partial charge in [0.2, 0.25) is 15.9 Å². The average molecular weight is 314 g/mol. The lowest BCUT2D eigenvalue weighted by atomic mass is 9.76. The van der Waals surface area contributed by atoms with Crippen LogP contribution < -0.4 is 9.46 Å². The molecule has 1 aliphatic carbocycles. The van der Waals surface area contributed by atoms with E-state index >= 15 is 0 Å². The molecule has 6 nitrogen and oxygen atoms in total. The zero-order chi connectivity index (χ0) is 15.6.